The van der Waals surface area contributed by atoms with Gasteiger partial charge < -0.3 is 0 Å². The minimum absolute atomic E-state index is 0. The van der Waals surface area contributed by atoms with E-state index in [1.54, 1.807) is 0 Å². The monoisotopic (exact) mass is 456 g/mol. The van der Waals surface area contributed by atoms with Crippen molar-refractivity contribution >= 4 is 21.9 Å². The first-order valence-electron chi connectivity index (χ1n) is 6.13. The Morgan fingerprint density at radius 1 is 0.789 bits per heavy atom. The summed E-state index contributed by atoms with van der Waals surface area (Å²) in [7, 11) is 0.750. The fourth-order valence-electron chi connectivity index (χ4n) is 1.44. The molecular formula is C16H26ClLuSi-2. The van der Waals surface area contributed by atoms with E-state index >= 15 is 0 Å². The van der Waals surface area contributed by atoms with E-state index < -0.39 is 0 Å². The van der Waals surface area contributed by atoms with Crippen molar-refractivity contribution in [2.45, 2.75) is 40.8 Å². The molecule has 0 nitrogen and oxygen atoms in total. The second kappa shape index (κ2) is 14.8. The van der Waals surface area contributed by atoms with Crippen LogP contribution in [0.5, 0.6) is 0 Å². The van der Waals surface area contributed by atoms with E-state index in [0.717, 1.165) is 9.52 Å². The average Bonchev–Trinajstić information content (AvgIpc) is 2.78. The van der Waals surface area contributed by atoms with Crippen molar-refractivity contribution in [3.05, 3.63) is 58.7 Å². The number of hydrogen-bond donors (Lipinski definition) is 0. The predicted molar refractivity (Wildman–Crippen MR) is 89.1 cm³/mol. The van der Waals surface area contributed by atoms with Crippen molar-refractivity contribution in [1.82, 2.24) is 0 Å². The molecule has 0 spiro atoms. The van der Waals surface area contributed by atoms with Gasteiger partial charge in [-0.1, -0.05) is 40.8 Å². The Morgan fingerprint density at radius 3 is 1.11 bits per heavy atom. The summed E-state index contributed by atoms with van der Waals surface area (Å²) in [5.74, 6) is 0. The maximum Gasteiger partial charge on any atom is 0.0213 e. The van der Waals surface area contributed by atoms with Gasteiger partial charge >= 0.3 is 0 Å². The Bertz CT molecular complexity index is 333. The van der Waals surface area contributed by atoms with Gasteiger partial charge in [0, 0.05) is 46.4 Å². The molecule has 2 radical (unpaired) electrons. The standard InChI is InChI=1S/2C7H9.C2H7Si.ClH.Lu/c2*1-6-3-4-7(2)5-6;1-3-2;;/h2*3-5H,1-2H3;3H,1-2H3;1H;/q2*-1;;;. The smallest absolute Gasteiger partial charge is 0.0213 e. The van der Waals surface area contributed by atoms with Crippen LogP contribution in [-0.4, -0.2) is 9.52 Å². The number of halogens is 1. The Morgan fingerprint density at radius 2 is 1.05 bits per heavy atom. The molecule has 0 aliphatic carbocycles. The minimum Gasteiger partial charge on any atom is -0.208 e. The van der Waals surface area contributed by atoms with E-state index in [1.165, 1.54) is 22.3 Å². The van der Waals surface area contributed by atoms with Gasteiger partial charge in [0.25, 0.3) is 0 Å². The van der Waals surface area contributed by atoms with Gasteiger partial charge in [-0.2, -0.15) is 35.4 Å². The van der Waals surface area contributed by atoms with Crippen LogP contribution in [0.3, 0.4) is 0 Å². The molecule has 0 aliphatic rings. The molecule has 3 heteroatoms. The molecule has 2 aromatic carbocycles. The second-order valence-corrected chi connectivity index (χ2v) is 5.66. The van der Waals surface area contributed by atoms with E-state index in [1.807, 2.05) is 0 Å². The van der Waals surface area contributed by atoms with Crippen molar-refractivity contribution in [2.75, 3.05) is 0 Å². The third-order valence-corrected chi connectivity index (χ3v) is 2.13. The zero-order valence-electron chi connectivity index (χ0n) is 12.7. The van der Waals surface area contributed by atoms with E-state index in [-0.39, 0.29) is 49.3 Å². The molecule has 2 aromatic rings. The van der Waals surface area contributed by atoms with Gasteiger partial charge in [0.15, 0.2) is 0 Å². The van der Waals surface area contributed by atoms with Gasteiger partial charge in [-0.15, -0.1) is 12.4 Å². The Kier molecular flexibility index (Phi) is 19.1. The normalized spacial score (nSPS) is 7.89. The molecule has 0 bridgehead atoms. The van der Waals surface area contributed by atoms with Gasteiger partial charge in [-0.3, -0.25) is 0 Å². The van der Waals surface area contributed by atoms with Gasteiger partial charge in [0.05, 0.1) is 0 Å². The molecule has 0 heterocycles. The van der Waals surface area contributed by atoms with Crippen LogP contribution in [-0.2, 0) is 0 Å². The Balaban J connectivity index is -0.000000207. The van der Waals surface area contributed by atoms with Gasteiger partial charge in [0.1, 0.15) is 0 Å². The summed E-state index contributed by atoms with van der Waals surface area (Å²) in [6.45, 7) is 12.8. The molecule has 19 heavy (non-hydrogen) atoms. The molecule has 0 unspecified atom stereocenters. The molecule has 0 saturated carbocycles. The first kappa shape index (κ1) is 24.5. The van der Waals surface area contributed by atoms with Crippen molar-refractivity contribution in [2.24, 2.45) is 0 Å². The molecule has 0 saturated heterocycles. The van der Waals surface area contributed by atoms with Crippen LogP contribution in [0.2, 0.25) is 13.1 Å². The van der Waals surface area contributed by atoms with E-state index in [2.05, 4.69) is 77.2 Å². The summed E-state index contributed by atoms with van der Waals surface area (Å²) in [5, 5.41) is 0. The van der Waals surface area contributed by atoms with Crippen molar-refractivity contribution in [3.63, 3.8) is 0 Å². The van der Waals surface area contributed by atoms with Crippen LogP contribution in [0.15, 0.2) is 36.4 Å². The average molecular weight is 457 g/mol. The van der Waals surface area contributed by atoms with E-state index in [4.69, 9.17) is 0 Å². The van der Waals surface area contributed by atoms with Crippen LogP contribution in [0, 0.1) is 64.6 Å². The molecule has 0 atom stereocenters. The number of hydrogen-bond acceptors (Lipinski definition) is 0. The van der Waals surface area contributed by atoms with Gasteiger partial charge in [-0.05, 0) is 0 Å². The quantitative estimate of drug-likeness (QED) is 0.387. The SMILES string of the molecule is C[SiH]C.Cc1c[cH-]c(C)c1.Cc1c[cH-]c(C)c1.Cl.[Lu]. The van der Waals surface area contributed by atoms with E-state index in [0.29, 0.717) is 0 Å². The van der Waals surface area contributed by atoms with Crippen LogP contribution in [0.25, 0.3) is 0 Å². The van der Waals surface area contributed by atoms with Crippen molar-refractivity contribution in [1.29, 1.82) is 0 Å². The molecule has 0 fully saturated rings. The second-order valence-electron chi connectivity index (χ2n) is 4.51. The fourth-order valence-corrected chi connectivity index (χ4v) is 1.44. The van der Waals surface area contributed by atoms with Gasteiger partial charge in [-0.25, -0.2) is 23.3 Å². The maximum atomic E-state index is 2.21. The molecule has 2 rings (SSSR count). The number of aryl methyl sites for hydroxylation is 4. The molecular weight excluding hydrogens is 431 g/mol. The topological polar surface area (TPSA) is 0 Å². The fraction of sp³-hybridized carbons (Fsp3) is 0.375. The third-order valence-electron chi connectivity index (χ3n) is 2.13. The summed E-state index contributed by atoms with van der Waals surface area (Å²) in [6.07, 6.45) is 0. The summed E-state index contributed by atoms with van der Waals surface area (Å²) in [4.78, 5) is 0. The third kappa shape index (κ3) is 14.7. The molecule has 0 N–H and O–H groups in total. The van der Waals surface area contributed by atoms with Gasteiger partial charge in [0.2, 0.25) is 0 Å². The summed E-state index contributed by atoms with van der Waals surface area (Å²) in [6, 6.07) is 12.8. The van der Waals surface area contributed by atoms with E-state index in [9.17, 15) is 0 Å². The Hall–Kier alpha value is 0.441. The van der Waals surface area contributed by atoms with Crippen LogP contribution >= 0.6 is 12.4 Å². The van der Waals surface area contributed by atoms with Crippen molar-refractivity contribution in [3.8, 4) is 0 Å². The first-order valence-corrected chi connectivity index (χ1v) is 8.44. The van der Waals surface area contributed by atoms with Crippen molar-refractivity contribution < 1.29 is 36.9 Å². The Labute approximate surface area is 157 Å². The predicted octanol–water partition coefficient (Wildman–Crippen LogP) is 4.99. The molecule has 118 valence electrons. The van der Waals surface area contributed by atoms with Crippen LogP contribution in [0.4, 0.5) is 0 Å². The maximum absolute atomic E-state index is 2.21. The van der Waals surface area contributed by atoms with Crippen LogP contribution in [0.1, 0.15) is 22.3 Å². The molecule has 0 aliphatic heterocycles. The number of rotatable bonds is 0. The summed E-state index contributed by atoms with van der Waals surface area (Å²) < 4.78 is 0. The summed E-state index contributed by atoms with van der Waals surface area (Å²) in [5.41, 5.74) is 5.44. The molecule has 0 amide bonds. The minimum atomic E-state index is 0. The zero-order valence-corrected chi connectivity index (χ0v) is 16.3. The molecule has 0 aromatic heterocycles. The summed E-state index contributed by atoms with van der Waals surface area (Å²) >= 11 is 0. The zero-order chi connectivity index (χ0) is 13.3. The largest absolute Gasteiger partial charge is 0.208 e. The van der Waals surface area contributed by atoms with Crippen LogP contribution < -0.4 is 0 Å². The first-order chi connectivity index (χ1) is 7.99.